The van der Waals surface area contributed by atoms with Crippen LogP contribution in [0.4, 0.5) is 0 Å². The summed E-state index contributed by atoms with van der Waals surface area (Å²) in [6.07, 6.45) is 7.80. The third-order valence-electron chi connectivity index (χ3n) is 10.1. The molecule has 0 fully saturated rings. The van der Waals surface area contributed by atoms with Crippen LogP contribution in [0.25, 0.3) is 0 Å². The monoisotopic (exact) mass is 936 g/mol. The molecule has 0 bridgehead atoms. The summed E-state index contributed by atoms with van der Waals surface area (Å²) in [6.45, 7) is 24.7. The van der Waals surface area contributed by atoms with E-state index in [4.69, 9.17) is 23.7 Å². The zero-order chi connectivity index (χ0) is 48.6. The normalized spacial score (nSPS) is 12.7. The molecule has 0 radical (unpaired) electrons. The molecule has 15 heteroatoms. The summed E-state index contributed by atoms with van der Waals surface area (Å²) in [5.41, 5.74) is 4.43. The first-order chi connectivity index (χ1) is 29.7. The Labute approximate surface area is 377 Å². The van der Waals surface area contributed by atoms with Crippen LogP contribution in [0.1, 0.15) is 109 Å². The molecule has 1 aliphatic carbocycles. The van der Waals surface area contributed by atoms with E-state index in [2.05, 4.69) is 27.2 Å². The van der Waals surface area contributed by atoms with Gasteiger partial charge in [0.05, 0.1) is 31.6 Å². The number of aliphatic hydroxyl groups excluding tert-OH is 1. The molecule has 3 aromatic rings. The number of carbonyl (C=O) groups excluding carboxylic acids is 5. The highest BCUT2D eigenvalue weighted by Crippen LogP contribution is 2.44. The largest absolute Gasteiger partial charge is 0.508 e. The summed E-state index contributed by atoms with van der Waals surface area (Å²) in [5, 5.41) is 30.8. The summed E-state index contributed by atoms with van der Waals surface area (Å²) >= 11 is 3.21. The Kier molecular flexibility index (Phi) is 21.5. The van der Waals surface area contributed by atoms with Gasteiger partial charge in [-0.3, -0.25) is 9.59 Å². The van der Waals surface area contributed by atoms with E-state index < -0.39 is 41.3 Å². The third-order valence-corrected chi connectivity index (χ3v) is 10.8. The number of carboxylic acid groups (broad SMARTS) is 1. The molecule has 0 heterocycles. The number of aliphatic hydroxyl groups is 1. The van der Waals surface area contributed by atoms with E-state index >= 15 is 0 Å². The fraction of sp³-hybridized carbons (Fsp3) is 0.333. The van der Waals surface area contributed by atoms with Crippen molar-refractivity contribution in [2.75, 3.05) is 14.2 Å². The highest BCUT2D eigenvalue weighted by molar-refractivity contribution is 9.10. The lowest BCUT2D eigenvalue weighted by atomic mass is 9.89. The highest BCUT2D eigenvalue weighted by Gasteiger charge is 2.37. The highest BCUT2D eigenvalue weighted by atomic mass is 79.9. The summed E-state index contributed by atoms with van der Waals surface area (Å²) in [4.78, 5) is 73.2. The number of benzene rings is 3. The van der Waals surface area contributed by atoms with Crippen LogP contribution in [-0.4, -0.2) is 66.0 Å². The molecule has 14 nitrogen and oxygen atoms in total. The van der Waals surface area contributed by atoms with Gasteiger partial charge in [0.2, 0.25) is 0 Å². The van der Waals surface area contributed by atoms with Crippen molar-refractivity contribution in [2.45, 2.75) is 89.0 Å². The van der Waals surface area contributed by atoms with Gasteiger partial charge in [-0.05, 0) is 139 Å². The number of carboxylic acids is 1. The van der Waals surface area contributed by atoms with E-state index in [1.54, 1.807) is 67.1 Å². The first kappa shape index (κ1) is 54.5. The molecule has 0 spiro atoms. The van der Waals surface area contributed by atoms with Gasteiger partial charge in [-0.2, -0.15) is 0 Å². The van der Waals surface area contributed by atoms with Crippen molar-refractivity contribution >= 4 is 52.4 Å². The van der Waals surface area contributed by atoms with E-state index in [1.807, 2.05) is 34.5 Å². The molecular formula is C48H57BrO14. The molecule has 3 N–H and O–H groups in total. The Hall–Kier alpha value is -6.48. The van der Waals surface area contributed by atoms with Gasteiger partial charge in [0.15, 0.2) is 17.5 Å². The SMILES string of the molecule is C=C/C=C/OC.C=O.CC.CCc1c(C)c(C(=O)O)c(C)c(CC)c1OC(=O)c1c(C)cc(OC(=O)c2c(C)c(C)c(OC(=O)C3C(=O)C=C(O)C=C3OC)c(Br)c2O)c(C)c1C. The van der Waals surface area contributed by atoms with E-state index in [9.17, 15) is 39.3 Å². The maximum atomic E-state index is 13.8. The number of ketones is 1. The number of aromatic carboxylic acids is 1. The van der Waals surface area contributed by atoms with Crippen LogP contribution in [-0.2, 0) is 36.7 Å². The number of halogens is 1. The molecule has 0 amide bonds. The molecule has 0 saturated carbocycles. The van der Waals surface area contributed by atoms with Crippen LogP contribution >= 0.6 is 15.9 Å². The Morgan fingerprint density at radius 2 is 1.27 bits per heavy atom. The topological polar surface area (TPSA) is 209 Å². The maximum absolute atomic E-state index is 13.8. The van der Waals surface area contributed by atoms with Crippen LogP contribution in [0, 0.1) is 54.4 Å². The van der Waals surface area contributed by atoms with Gasteiger partial charge in [-0.1, -0.05) is 40.3 Å². The molecule has 4 rings (SSSR count). The van der Waals surface area contributed by atoms with Crippen molar-refractivity contribution < 1.29 is 67.8 Å². The molecule has 0 aromatic heterocycles. The maximum Gasteiger partial charge on any atom is 0.347 e. The molecule has 0 saturated heterocycles. The number of aromatic hydroxyl groups is 1. The minimum atomic E-state index is -1.50. The molecule has 0 aliphatic heterocycles. The number of ether oxygens (including phenoxy) is 5. The number of aryl methyl sites for hydroxylation is 1. The predicted molar refractivity (Wildman–Crippen MR) is 242 cm³/mol. The van der Waals surface area contributed by atoms with E-state index in [0.717, 1.165) is 12.2 Å². The Morgan fingerprint density at radius 1 is 0.746 bits per heavy atom. The smallest absolute Gasteiger partial charge is 0.347 e. The predicted octanol–water partition coefficient (Wildman–Crippen LogP) is 9.83. The number of allylic oxidation sites excluding steroid dienone is 4. The number of esters is 3. The number of methoxy groups -OCH3 is 2. The average molecular weight is 938 g/mol. The Balaban J connectivity index is 0.00000180. The van der Waals surface area contributed by atoms with Gasteiger partial charge in [0.1, 0.15) is 45.6 Å². The van der Waals surface area contributed by atoms with Crippen molar-refractivity contribution in [1.82, 2.24) is 0 Å². The number of hydrogen-bond donors (Lipinski definition) is 3. The second-order valence-corrected chi connectivity index (χ2v) is 14.3. The van der Waals surface area contributed by atoms with E-state index in [-0.39, 0.29) is 55.3 Å². The summed E-state index contributed by atoms with van der Waals surface area (Å²) in [6, 6.07) is 1.51. The number of carbonyl (C=O) groups is 6. The summed E-state index contributed by atoms with van der Waals surface area (Å²) in [5.74, 6) is -6.72. The fourth-order valence-corrected chi connectivity index (χ4v) is 7.37. The minimum Gasteiger partial charge on any atom is -0.508 e. The van der Waals surface area contributed by atoms with Crippen molar-refractivity contribution in [3.63, 3.8) is 0 Å². The number of rotatable bonds is 12. The lowest BCUT2D eigenvalue weighted by Gasteiger charge is -2.22. The Bertz CT molecular complexity index is 2290. The van der Waals surface area contributed by atoms with Crippen molar-refractivity contribution in [1.29, 1.82) is 0 Å². The molecule has 340 valence electrons. The van der Waals surface area contributed by atoms with Crippen molar-refractivity contribution in [3.05, 3.63) is 126 Å². The summed E-state index contributed by atoms with van der Waals surface area (Å²) < 4.78 is 26.9. The molecule has 63 heavy (non-hydrogen) atoms. The van der Waals surface area contributed by atoms with Crippen LogP contribution in [0.3, 0.4) is 0 Å². The molecule has 1 aliphatic rings. The van der Waals surface area contributed by atoms with Gasteiger partial charge in [0.25, 0.3) is 0 Å². The second-order valence-electron chi connectivity index (χ2n) is 13.5. The lowest BCUT2D eigenvalue weighted by molar-refractivity contribution is -0.142. The van der Waals surface area contributed by atoms with Crippen LogP contribution in [0.5, 0.6) is 23.0 Å². The lowest BCUT2D eigenvalue weighted by Crippen LogP contribution is -2.32. The first-order valence-electron chi connectivity index (χ1n) is 19.7. The molecule has 1 unspecified atom stereocenters. The van der Waals surface area contributed by atoms with Gasteiger partial charge < -0.3 is 43.8 Å². The number of phenols is 1. The zero-order valence-electron chi connectivity index (χ0n) is 38.1. The van der Waals surface area contributed by atoms with Gasteiger partial charge in [-0.25, -0.2) is 14.4 Å². The van der Waals surface area contributed by atoms with Gasteiger partial charge >= 0.3 is 23.9 Å². The van der Waals surface area contributed by atoms with Gasteiger partial charge in [0, 0.05) is 12.2 Å². The Morgan fingerprint density at radius 3 is 1.73 bits per heavy atom. The number of phenolic OH excluding ortho intramolecular Hbond substituents is 1. The van der Waals surface area contributed by atoms with Crippen LogP contribution in [0.15, 0.2) is 59.2 Å². The minimum absolute atomic E-state index is 0.122. The zero-order valence-corrected chi connectivity index (χ0v) is 39.7. The van der Waals surface area contributed by atoms with E-state index in [0.29, 0.717) is 57.5 Å². The van der Waals surface area contributed by atoms with Crippen molar-refractivity contribution in [2.24, 2.45) is 5.92 Å². The fourth-order valence-electron chi connectivity index (χ4n) is 6.79. The number of hydrogen-bond acceptors (Lipinski definition) is 13. The quantitative estimate of drug-likeness (QED) is 0.0508. The molecule has 1 atom stereocenters. The van der Waals surface area contributed by atoms with Crippen molar-refractivity contribution in [3.8, 4) is 23.0 Å². The summed E-state index contributed by atoms with van der Waals surface area (Å²) in [7, 11) is 2.83. The second kappa shape index (κ2) is 24.8. The standard InChI is InChI=1S/C40H41BrO12.C5H8O.C2H6.CH2O/c1-11-24-21(8)30(37(45)46)22(9)25(12-2)36(24)53-38(47)29-16(3)13-27(17(4)18(29)5)51-39(48)31-19(6)20(7)35(33(41)34(31)44)52-40(49)32-26(43)14-23(42)15-28(32)50-10;1-3-4-5-6-2;2*1-2/h13-15,32,42,44H,11-12H2,1-10H3,(H,45,46);3-5H,1H2,2H3;1-2H3;1H2/b;5-4+;;. The molecular weight excluding hydrogens is 880 g/mol. The average Bonchev–Trinajstić information content (AvgIpc) is 3.24. The third kappa shape index (κ3) is 12.1. The molecule has 3 aromatic carbocycles. The van der Waals surface area contributed by atoms with E-state index in [1.165, 1.54) is 20.1 Å². The van der Waals surface area contributed by atoms with Gasteiger partial charge in [-0.15, -0.1) is 0 Å². The van der Waals surface area contributed by atoms with Crippen LogP contribution < -0.4 is 14.2 Å². The first-order valence-corrected chi connectivity index (χ1v) is 20.5. The van der Waals surface area contributed by atoms with Crippen LogP contribution in [0.2, 0.25) is 0 Å².